The van der Waals surface area contributed by atoms with Gasteiger partial charge in [-0.1, -0.05) is 31.2 Å². The van der Waals surface area contributed by atoms with Gasteiger partial charge in [-0.2, -0.15) is 5.10 Å². The van der Waals surface area contributed by atoms with Crippen LogP contribution in [0.4, 0.5) is 11.5 Å². The third-order valence-electron chi connectivity index (χ3n) is 4.47. The van der Waals surface area contributed by atoms with Crippen molar-refractivity contribution in [3.63, 3.8) is 0 Å². The highest BCUT2D eigenvalue weighted by Crippen LogP contribution is 2.16. The molecule has 0 saturated heterocycles. The van der Waals surface area contributed by atoms with Gasteiger partial charge in [0.1, 0.15) is 11.6 Å². The number of hydrogen-bond acceptors (Lipinski definition) is 4. The quantitative estimate of drug-likeness (QED) is 0.651. The lowest BCUT2D eigenvalue weighted by Gasteiger charge is -2.13. The van der Waals surface area contributed by atoms with Gasteiger partial charge in [0.2, 0.25) is 0 Å². The fourth-order valence-electron chi connectivity index (χ4n) is 2.79. The third kappa shape index (κ3) is 5.13. The number of ether oxygens (including phenoxy) is 1. The molecule has 0 aliphatic rings. The average Bonchev–Trinajstić information content (AvgIpc) is 3.13. The van der Waals surface area contributed by atoms with Gasteiger partial charge >= 0.3 is 0 Å². The normalized spacial score (nSPS) is 10.5. The van der Waals surface area contributed by atoms with Crippen molar-refractivity contribution in [3.8, 4) is 5.75 Å². The monoisotopic (exact) mass is 378 g/mol. The zero-order chi connectivity index (χ0) is 19.9. The smallest absolute Gasteiger partial charge is 0.263 e. The van der Waals surface area contributed by atoms with Crippen molar-refractivity contribution in [1.29, 1.82) is 0 Å². The fraction of sp³-hybridized carbons (Fsp3) is 0.273. The van der Waals surface area contributed by atoms with Crippen LogP contribution in [0.25, 0.3) is 0 Å². The molecule has 0 bridgehead atoms. The SMILES string of the molecule is CCc1ccc(OCC(=O)Nc2ccnn2Cc2ccc(N(C)C)cc2)cc1. The van der Waals surface area contributed by atoms with Crippen LogP contribution in [0.1, 0.15) is 18.1 Å². The van der Waals surface area contributed by atoms with Gasteiger partial charge < -0.3 is 15.0 Å². The molecule has 1 heterocycles. The van der Waals surface area contributed by atoms with Crippen LogP contribution in [0, 0.1) is 0 Å². The van der Waals surface area contributed by atoms with Gasteiger partial charge in [0.05, 0.1) is 12.7 Å². The average molecular weight is 378 g/mol. The van der Waals surface area contributed by atoms with E-state index < -0.39 is 0 Å². The van der Waals surface area contributed by atoms with Crippen LogP contribution in [0.3, 0.4) is 0 Å². The number of nitrogens with one attached hydrogen (secondary N) is 1. The molecular weight excluding hydrogens is 352 g/mol. The number of aromatic nitrogens is 2. The minimum Gasteiger partial charge on any atom is -0.484 e. The number of aryl methyl sites for hydroxylation is 1. The topological polar surface area (TPSA) is 59.4 Å². The molecule has 0 spiro atoms. The second kappa shape index (κ2) is 9.08. The van der Waals surface area contributed by atoms with Crippen LogP contribution >= 0.6 is 0 Å². The highest BCUT2D eigenvalue weighted by atomic mass is 16.5. The van der Waals surface area contributed by atoms with Crippen molar-refractivity contribution in [2.45, 2.75) is 19.9 Å². The van der Waals surface area contributed by atoms with Gasteiger partial charge in [-0.05, 0) is 41.8 Å². The summed E-state index contributed by atoms with van der Waals surface area (Å²) < 4.78 is 7.33. The van der Waals surface area contributed by atoms with Gasteiger partial charge in [0.25, 0.3) is 5.91 Å². The molecule has 146 valence electrons. The molecule has 0 saturated carbocycles. The molecule has 1 N–H and O–H groups in total. The summed E-state index contributed by atoms with van der Waals surface area (Å²) in [4.78, 5) is 14.3. The number of hydrogen-bond donors (Lipinski definition) is 1. The summed E-state index contributed by atoms with van der Waals surface area (Å²) in [6.07, 6.45) is 2.65. The van der Waals surface area contributed by atoms with Crippen LogP contribution in [-0.4, -0.2) is 36.4 Å². The van der Waals surface area contributed by atoms with Crippen molar-refractivity contribution in [2.75, 3.05) is 30.9 Å². The summed E-state index contributed by atoms with van der Waals surface area (Å²) >= 11 is 0. The van der Waals surface area contributed by atoms with Gasteiger partial charge in [0.15, 0.2) is 6.61 Å². The van der Waals surface area contributed by atoms with E-state index in [1.54, 1.807) is 16.9 Å². The van der Waals surface area contributed by atoms with Crippen molar-refractivity contribution in [3.05, 3.63) is 71.9 Å². The Kier molecular flexibility index (Phi) is 6.32. The maximum absolute atomic E-state index is 12.2. The van der Waals surface area contributed by atoms with Crippen molar-refractivity contribution >= 4 is 17.4 Å². The molecule has 0 aliphatic heterocycles. The molecule has 28 heavy (non-hydrogen) atoms. The van der Waals surface area contributed by atoms with E-state index in [0.29, 0.717) is 18.1 Å². The number of nitrogens with zero attached hydrogens (tertiary/aromatic N) is 3. The summed E-state index contributed by atoms with van der Waals surface area (Å²) in [5.41, 5.74) is 3.48. The van der Waals surface area contributed by atoms with Gasteiger partial charge in [-0.15, -0.1) is 0 Å². The molecule has 0 aliphatic carbocycles. The highest BCUT2D eigenvalue weighted by Gasteiger charge is 2.09. The Labute approximate surface area is 165 Å². The number of amides is 1. The molecule has 0 unspecified atom stereocenters. The maximum atomic E-state index is 12.2. The lowest BCUT2D eigenvalue weighted by atomic mass is 10.2. The fourth-order valence-corrected chi connectivity index (χ4v) is 2.79. The van der Waals surface area contributed by atoms with E-state index in [1.807, 2.05) is 38.4 Å². The summed E-state index contributed by atoms with van der Waals surface area (Å²) in [6, 6.07) is 17.8. The molecule has 3 rings (SSSR count). The third-order valence-corrected chi connectivity index (χ3v) is 4.47. The van der Waals surface area contributed by atoms with Crippen LogP contribution in [0.5, 0.6) is 5.75 Å². The predicted octanol–water partition coefficient (Wildman–Crippen LogP) is 3.58. The van der Waals surface area contributed by atoms with E-state index in [4.69, 9.17) is 4.74 Å². The summed E-state index contributed by atoms with van der Waals surface area (Å²) in [5.74, 6) is 1.11. The number of benzene rings is 2. The number of carbonyl (C=O) groups is 1. The van der Waals surface area contributed by atoms with Gasteiger partial charge in [-0.25, -0.2) is 4.68 Å². The summed E-state index contributed by atoms with van der Waals surface area (Å²) in [5, 5.41) is 7.17. The zero-order valence-corrected chi connectivity index (χ0v) is 16.6. The first kappa shape index (κ1) is 19.5. The van der Waals surface area contributed by atoms with Crippen LogP contribution in [0.2, 0.25) is 0 Å². The van der Waals surface area contributed by atoms with E-state index in [1.165, 1.54) is 5.56 Å². The Morgan fingerprint density at radius 1 is 1.04 bits per heavy atom. The van der Waals surface area contributed by atoms with Crippen molar-refractivity contribution < 1.29 is 9.53 Å². The Bertz CT molecular complexity index is 899. The van der Waals surface area contributed by atoms with Gasteiger partial charge in [-0.3, -0.25) is 4.79 Å². The Morgan fingerprint density at radius 2 is 1.71 bits per heavy atom. The van der Waals surface area contributed by atoms with Crippen LogP contribution in [0.15, 0.2) is 60.8 Å². The minimum absolute atomic E-state index is 0.0474. The van der Waals surface area contributed by atoms with Crippen LogP contribution in [-0.2, 0) is 17.8 Å². The predicted molar refractivity (Wildman–Crippen MR) is 112 cm³/mol. The molecule has 3 aromatic rings. The molecule has 0 radical (unpaired) electrons. The first-order valence-electron chi connectivity index (χ1n) is 9.35. The first-order chi connectivity index (χ1) is 13.5. The summed E-state index contributed by atoms with van der Waals surface area (Å²) in [6.45, 7) is 2.63. The zero-order valence-electron chi connectivity index (χ0n) is 16.6. The van der Waals surface area contributed by atoms with Crippen molar-refractivity contribution in [2.24, 2.45) is 0 Å². The second-order valence-corrected chi connectivity index (χ2v) is 6.77. The molecule has 6 heteroatoms. The van der Waals surface area contributed by atoms with E-state index in [-0.39, 0.29) is 12.5 Å². The molecule has 6 nitrogen and oxygen atoms in total. The second-order valence-electron chi connectivity index (χ2n) is 6.77. The van der Waals surface area contributed by atoms with Crippen molar-refractivity contribution in [1.82, 2.24) is 9.78 Å². The first-order valence-corrected chi connectivity index (χ1v) is 9.35. The highest BCUT2D eigenvalue weighted by molar-refractivity contribution is 5.91. The van der Waals surface area contributed by atoms with E-state index >= 15 is 0 Å². The molecule has 0 atom stereocenters. The summed E-state index contributed by atoms with van der Waals surface area (Å²) in [7, 11) is 4.02. The number of rotatable bonds is 8. The van der Waals surface area contributed by atoms with Crippen LogP contribution < -0.4 is 15.0 Å². The molecule has 1 aromatic heterocycles. The largest absolute Gasteiger partial charge is 0.484 e. The standard InChI is InChI=1S/C22H26N4O2/c1-4-17-7-11-20(12-8-17)28-16-22(27)24-21-13-14-23-26(21)15-18-5-9-19(10-6-18)25(2)3/h5-14H,4,15-16H2,1-3H3,(H,24,27). The lowest BCUT2D eigenvalue weighted by Crippen LogP contribution is -2.22. The Morgan fingerprint density at radius 3 is 2.36 bits per heavy atom. The maximum Gasteiger partial charge on any atom is 0.263 e. The Balaban J connectivity index is 1.56. The van der Waals surface area contributed by atoms with Gasteiger partial charge in [0, 0.05) is 25.8 Å². The minimum atomic E-state index is -0.218. The number of anilines is 2. The van der Waals surface area contributed by atoms with E-state index in [9.17, 15) is 4.79 Å². The number of carbonyl (C=O) groups excluding carboxylic acids is 1. The Hall–Kier alpha value is -3.28. The molecule has 0 fully saturated rings. The molecular formula is C22H26N4O2. The van der Waals surface area contributed by atoms with E-state index in [0.717, 1.165) is 17.7 Å². The molecule has 2 aromatic carbocycles. The lowest BCUT2D eigenvalue weighted by molar-refractivity contribution is -0.118. The molecule has 1 amide bonds. The van der Waals surface area contributed by atoms with E-state index in [2.05, 4.69) is 46.5 Å².